The van der Waals surface area contributed by atoms with Crippen LogP contribution < -0.4 is 5.32 Å². The molecule has 3 rings (SSSR count). The smallest absolute Gasteiger partial charge is 0.320 e. The number of urea groups is 1. The number of fused-ring (bicyclic) bond motifs is 1. The van der Waals surface area contributed by atoms with Crippen molar-refractivity contribution < 1.29 is 4.79 Å². The van der Waals surface area contributed by atoms with Crippen molar-refractivity contribution in [1.82, 2.24) is 20.0 Å². The van der Waals surface area contributed by atoms with E-state index in [2.05, 4.69) is 29.0 Å². The summed E-state index contributed by atoms with van der Waals surface area (Å²) >= 11 is 0. The fraction of sp³-hybridized carbons (Fsp3) is 0.929. The van der Waals surface area contributed by atoms with Gasteiger partial charge in [-0.3, -0.25) is 4.90 Å². The van der Waals surface area contributed by atoms with Gasteiger partial charge in [0.1, 0.15) is 0 Å². The second kappa shape index (κ2) is 5.29. The number of nitrogens with zero attached hydrogens (tertiary/aromatic N) is 3. The van der Waals surface area contributed by atoms with Crippen LogP contribution in [0.15, 0.2) is 0 Å². The normalized spacial score (nSPS) is 32.2. The number of piperazine rings is 1. The summed E-state index contributed by atoms with van der Waals surface area (Å²) in [4.78, 5) is 19.1. The van der Waals surface area contributed by atoms with Crippen LogP contribution in [0.5, 0.6) is 0 Å². The summed E-state index contributed by atoms with van der Waals surface area (Å²) in [5, 5.41) is 3.42. The number of nitrogens with one attached hydrogen (secondary N) is 1. The molecule has 2 unspecified atom stereocenters. The Kier molecular flexibility index (Phi) is 3.67. The molecule has 19 heavy (non-hydrogen) atoms. The number of hydrogen-bond donors (Lipinski definition) is 1. The van der Waals surface area contributed by atoms with E-state index < -0.39 is 0 Å². The van der Waals surface area contributed by atoms with Crippen LogP contribution in [-0.2, 0) is 0 Å². The number of rotatable bonds is 1. The highest BCUT2D eigenvalue weighted by molar-refractivity contribution is 5.75. The van der Waals surface area contributed by atoms with E-state index >= 15 is 0 Å². The molecule has 2 amide bonds. The van der Waals surface area contributed by atoms with Gasteiger partial charge in [0.15, 0.2) is 0 Å². The third-order valence-electron chi connectivity index (χ3n) is 4.98. The van der Waals surface area contributed by atoms with Crippen molar-refractivity contribution in [2.24, 2.45) is 11.8 Å². The second-order valence-electron chi connectivity index (χ2n) is 6.48. The molecule has 3 saturated heterocycles. The van der Waals surface area contributed by atoms with Crippen LogP contribution in [0.2, 0.25) is 0 Å². The van der Waals surface area contributed by atoms with E-state index in [1.165, 1.54) is 0 Å². The Hall–Kier alpha value is -0.810. The van der Waals surface area contributed by atoms with Crippen LogP contribution in [0.3, 0.4) is 0 Å². The lowest BCUT2D eigenvalue weighted by atomic mass is 10.0. The van der Waals surface area contributed by atoms with Gasteiger partial charge in [-0.2, -0.15) is 0 Å². The van der Waals surface area contributed by atoms with Gasteiger partial charge in [0.05, 0.1) is 0 Å². The van der Waals surface area contributed by atoms with Crippen LogP contribution in [-0.4, -0.2) is 79.1 Å². The van der Waals surface area contributed by atoms with Crippen molar-refractivity contribution in [2.75, 3.05) is 52.4 Å². The molecule has 0 saturated carbocycles. The zero-order valence-corrected chi connectivity index (χ0v) is 12.1. The Labute approximate surface area is 115 Å². The Morgan fingerprint density at radius 1 is 1.00 bits per heavy atom. The van der Waals surface area contributed by atoms with Gasteiger partial charge >= 0.3 is 6.03 Å². The van der Waals surface area contributed by atoms with Crippen molar-refractivity contribution in [2.45, 2.75) is 19.9 Å². The van der Waals surface area contributed by atoms with E-state index in [0.717, 1.165) is 52.4 Å². The molecule has 0 radical (unpaired) electrons. The Balaban J connectivity index is 1.52. The maximum atomic E-state index is 12.5. The zero-order chi connectivity index (χ0) is 13.4. The zero-order valence-electron chi connectivity index (χ0n) is 12.1. The first kappa shape index (κ1) is 13.2. The largest absolute Gasteiger partial charge is 0.324 e. The molecule has 3 fully saturated rings. The first-order valence-corrected chi connectivity index (χ1v) is 7.64. The quantitative estimate of drug-likeness (QED) is 0.741. The average Bonchev–Trinajstić information content (AvgIpc) is 2.98. The number of carbonyl (C=O) groups is 1. The van der Waals surface area contributed by atoms with Crippen LogP contribution in [0, 0.1) is 11.8 Å². The highest BCUT2D eigenvalue weighted by atomic mass is 16.2. The summed E-state index contributed by atoms with van der Waals surface area (Å²) < 4.78 is 0. The third-order valence-corrected chi connectivity index (χ3v) is 4.98. The lowest BCUT2D eigenvalue weighted by Gasteiger charge is -2.38. The molecule has 5 nitrogen and oxygen atoms in total. The molecule has 108 valence electrons. The molecule has 0 aromatic rings. The SMILES string of the molecule is CC(C)N1CCN(C(=O)N2CC3CNCC3C2)CC1. The molecule has 3 heterocycles. The molecule has 0 aromatic carbocycles. The molecule has 0 spiro atoms. The van der Waals surface area contributed by atoms with E-state index in [1.54, 1.807) is 0 Å². The molecular weight excluding hydrogens is 240 g/mol. The fourth-order valence-corrected chi connectivity index (χ4v) is 3.64. The van der Waals surface area contributed by atoms with Crippen LogP contribution in [0.1, 0.15) is 13.8 Å². The predicted octanol–water partition coefficient (Wildman–Crippen LogP) is 0.284. The molecule has 0 aromatic heterocycles. The summed E-state index contributed by atoms with van der Waals surface area (Å²) in [5.41, 5.74) is 0. The van der Waals surface area contributed by atoms with Crippen LogP contribution >= 0.6 is 0 Å². The van der Waals surface area contributed by atoms with Crippen molar-refractivity contribution in [3.63, 3.8) is 0 Å². The first-order chi connectivity index (χ1) is 9.15. The maximum absolute atomic E-state index is 12.5. The summed E-state index contributed by atoms with van der Waals surface area (Å²) in [5.74, 6) is 1.39. The molecule has 2 atom stereocenters. The van der Waals surface area contributed by atoms with Crippen LogP contribution in [0.4, 0.5) is 4.79 Å². The highest BCUT2D eigenvalue weighted by Gasteiger charge is 2.39. The molecule has 0 aliphatic carbocycles. The maximum Gasteiger partial charge on any atom is 0.320 e. The Morgan fingerprint density at radius 2 is 1.58 bits per heavy atom. The van der Waals surface area contributed by atoms with Crippen LogP contribution in [0.25, 0.3) is 0 Å². The standard InChI is InChI=1S/C14H26N4O/c1-11(2)16-3-5-17(6-4-16)14(19)18-9-12-7-15-8-13(12)10-18/h11-13,15H,3-10H2,1-2H3. The van der Waals surface area contributed by atoms with Gasteiger partial charge in [-0.05, 0) is 25.7 Å². The van der Waals surface area contributed by atoms with Crippen molar-refractivity contribution in [3.8, 4) is 0 Å². The van der Waals surface area contributed by atoms with E-state index in [4.69, 9.17) is 0 Å². The lowest BCUT2D eigenvalue weighted by Crippen LogP contribution is -2.54. The van der Waals surface area contributed by atoms with E-state index in [9.17, 15) is 4.79 Å². The average molecular weight is 266 g/mol. The van der Waals surface area contributed by atoms with E-state index in [1.807, 2.05) is 4.90 Å². The minimum absolute atomic E-state index is 0.276. The van der Waals surface area contributed by atoms with Gasteiger partial charge in [0.2, 0.25) is 0 Å². The van der Waals surface area contributed by atoms with E-state index in [0.29, 0.717) is 17.9 Å². The number of carbonyl (C=O) groups excluding carboxylic acids is 1. The van der Waals surface area contributed by atoms with Gasteiger partial charge in [0.25, 0.3) is 0 Å². The number of amides is 2. The highest BCUT2D eigenvalue weighted by Crippen LogP contribution is 2.27. The summed E-state index contributed by atoms with van der Waals surface area (Å²) in [7, 11) is 0. The predicted molar refractivity (Wildman–Crippen MR) is 75.1 cm³/mol. The molecule has 3 aliphatic rings. The Morgan fingerprint density at radius 3 is 2.11 bits per heavy atom. The monoisotopic (exact) mass is 266 g/mol. The number of likely N-dealkylation sites (tertiary alicyclic amines) is 1. The van der Waals surface area contributed by atoms with Gasteiger partial charge in [-0.15, -0.1) is 0 Å². The molecule has 1 N–H and O–H groups in total. The number of hydrogen-bond acceptors (Lipinski definition) is 3. The molecule has 3 aliphatic heterocycles. The first-order valence-electron chi connectivity index (χ1n) is 7.64. The van der Waals surface area contributed by atoms with Gasteiger partial charge < -0.3 is 15.1 Å². The Bertz CT molecular complexity index is 326. The van der Waals surface area contributed by atoms with Gasteiger partial charge in [-0.1, -0.05) is 0 Å². The summed E-state index contributed by atoms with van der Waals surface area (Å²) in [6.45, 7) is 12.4. The summed E-state index contributed by atoms with van der Waals surface area (Å²) in [6, 6.07) is 0.868. The molecule has 0 bridgehead atoms. The third kappa shape index (κ3) is 2.58. The second-order valence-corrected chi connectivity index (χ2v) is 6.48. The van der Waals surface area contributed by atoms with Crippen molar-refractivity contribution >= 4 is 6.03 Å². The summed E-state index contributed by atoms with van der Waals surface area (Å²) in [6.07, 6.45) is 0. The van der Waals surface area contributed by atoms with Crippen molar-refractivity contribution in [3.05, 3.63) is 0 Å². The molecular formula is C14H26N4O. The topological polar surface area (TPSA) is 38.8 Å². The lowest BCUT2D eigenvalue weighted by molar-refractivity contribution is 0.102. The van der Waals surface area contributed by atoms with Crippen molar-refractivity contribution in [1.29, 1.82) is 0 Å². The van der Waals surface area contributed by atoms with E-state index in [-0.39, 0.29) is 6.03 Å². The van der Waals surface area contributed by atoms with Gasteiger partial charge in [-0.25, -0.2) is 4.79 Å². The minimum Gasteiger partial charge on any atom is -0.324 e. The fourth-order valence-electron chi connectivity index (χ4n) is 3.64. The molecule has 5 heteroatoms. The van der Waals surface area contributed by atoms with Gasteiger partial charge in [0, 0.05) is 58.4 Å². The minimum atomic E-state index is 0.276.